The second kappa shape index (κ2) is 9.51. The highest BCUT2D eigenvalue weighted by Gasteiger charge is 2.32. The summed E-state index contributed by atoms with van der Waals surface area (Å²) in [6.45, 7) is 2.04. The second-order valence-corrected chi connectivity index (χ2v) is 8.35. The van der Waals surface area contributed by atoms with Gasteiger partial charge in [0.2, 0.25) is 0 Å². The van der Waals surface area contributed by atoms with Crippen molar-refractivity contribution in [3.63, 3.8) is 0 Å². The molecular formula is C27H22N2OS. The van der Waals surface area contributed by atoms with Gasteiger partial charge in [-0.25, -0.2) is 0 Å². The van der Waals surface area contributed by atoms with Crippen LogP contribution < -0.4 is 5.32 Å². The lowest BCUT2D eigenvalue weighted by molar-refractivity contribution is 0.0985. The molecule has 0 saturated carbocycles. The highest BCUT2D eigenvalue weighted by molar-refractivity contribution is 8.05. The number of nitriles is 1. The number of ketones is 1. The predicted molar refractivity (Wildman–Crippen MR) is 129 cm³/mol. The molecule has 1 N–H and O–H groups in total. The fourth-order valence-electron chi connectivity index (χ4n) is 3.75. The van der Waals surface area contributed by atoms with Gasteiger partial charge in [-0.15, -0.1) is 0 Å². The molecule has 0 heterocycles. The number of thioether (sulfide) groups is 1. The quantitative estimate of drug-likeness (QED) is 0.264. The minimum atomic E-state index is -0.612. The van der Waals surface area contributed by atoms with Crippen molar-refractivity contribution in [2.75, 3.05) is 5.32 Å². The van der Waals surface area contributed by atoms with Crippen LogP contribution in [0.2, 0.25) is 0 Å². The first-order valence-corrected chi connectivity index (χ1v) is 11.0. The molecule has 0 unspecified atom stereocenters. The Morgan fingerprint density at radius 1 is 0.871 bits per heavy atom. The molecule has 4 aromatic carbocycles. The zero-order valence-corrected chi connectivity index (χ0v) is 18.0. The van der Waals surface area contributed by atoms with Gasteiger partial charge in [0, 0.05) is 11.3 Å². The van der Waals surface area contributed by atoms with E-state index in [4.69, 9.17) is 0 Å². The normalized spacial score (nSPS) is 12.6. The Kier molecular flexibility index (Phi) is 6.35. The summed E-state index contributed by atoms with van der Waals surface area (Å²) in [5, 5.41) is 16.6. The Labute approximate surface area is 186 Å². The number of carbonyl (C=O) groups excluding carboxylic acids is 1. The van der Waals surface area contributed by atoms with Crippen molar-refractivity contribution < 1.29 is 4.79 Å². The summed E-state index contributed by atoms with van der Waals surface area (Å²) in [6.07, 6.45) is 0. The van der Waals surface area contributed by atoms with Crippen molar-refractivity contribution in [1.29, 1.82) is 5.26 Å². The summed E-state index contributed by atoms with van der Waals surface area (Å²) in [5.74, 6) is -0.0585. The number of benzene rings is 4. The Hall–Kier alpha value is -3.55. The molecule has 0 spiro atoms. The predicted octanol–water partition coefficient (Wildman–Crippen LogP) is 6.77. The zero-order chi connectivity index (χ0) is 21.6. The molecule has 0 saturated heterocycles. The van der Waals surface area contributed by atoms with Crippen LogP contribution in [-0.2, 0) is 0 Å². The minimum absolute atomic E-state index is 0.0585. The van der Waals surface area contributed by atoms with E-state index in [1.54, 1.807) is 0 Å². The summed E-state index contributed by atoms with van der Waals surface area (Å²) in [6, 6.07) is 31.2. The van der Waals surface area contributed by atoms with Crippen molar-refractivity contribution in [3.8, 4) is 5.40 Å². The van der Waals surface area contributed by atoms with E-state index in [9.17, 15) is 10.1 Å². The Morgan fingerprint density at radius 3 is 2.29 bits per heavy atom. The number of Topliss-reactive ketones (excluding diaryl/α,β-unsaturated/α-hetero) is 1. The van der Waals surface area contributed by atoms with Gasteiger partial charge in [0.05, 0.1) is 6.04 Å². The lowest BCUT2D eigenvalue weighted by atomic mass is 9.94. The monoisotopic (exact) mass is 422 g/mol. The molecule has 4 rings (SSSR count). The molecule has 31 heavy (non-hydrogen) atoms. The Balaban J connectivity index is 1.78. The number of thiocyanates is 1. The lowest BCUT2D eigenvalue weighted by Crippen LogP contribution is -2.30. The standard InChI is InChI=1S/C27H22N2OS/c1-19-14-16-22(17-15-19)29-25(21-9-3-2-4-10-21)27(31-18-28)26(30)24-13-7-11-20-8-5-6-12-23(20)24/h2-17,25,27,29H,1H3/t25-,27-/m1/s1. The fourth-order valence-corrected chi connectivity index (χ4v) is 4.46. The molecule has 0 aliphatic carbocycles. The molecule has 0 aliphatic heterocycles. The van der Waals surface area contributed by atoms with Crippen molar-refractivity contribution in [2.45, 2.75) is 18.2 Å². The number of fused-ring (bicyclic) bond motifs is 1. The van der Waals surface area contributed by atoms with E-state index in [1.165, 1.54) is 0 Å². The third-order valence-corrected chi connectivity index (χ3v) is 6.17. The summed E-state index contributed by atoms with van der Waals surface area (Å²) in [5.41, 5.74) is 3.67. The van der Waals surface area contributed by atoms with Crippen LogP contribution in [0.3, 0.4) is 0 Å². The molecule has 0 amide bonds. The Morgan fingerprint density at radius 2 is 1.55 bits per heavy atom. The molecule has 0 bridgehead atoms. The third kappa shape index (κ3) is 4.63. The van der Waals surface area contributed by atoms with Gasteiger partial charge in [-0.1, -0.05) is 90.5 Å². The highest BCUT2D eigenvalue weighted by Crippen LogP contribution is 2.34. The summed E-state index contributed by atoms with van der Waals surface area (Å²) < 4.78 is 0. The van der Waals surface area contributed by atoms with Gasteiger partial charge in [-0.2, -0.15) is 5.26 Å². The fraction of sp³-hybridized carbons (Fsp3) is 0.111. The molecule has 4 aromatic rings. The molecule has 0 fully saturated rings. The van der Waals surface area contributed by atoms with Crippen LogP contribution in [0.25, 0.3) is 10.8 Å². The smallest absolute Gasteiger partial charge is 0.179 e. The van der Waals surface area contributed by atoms with Crippen LogP contribution >= 0.6 is 11.8 Å². The van der Waals surface area contributed by atoms with E-state index in [-0.39, 0.29) is 11.8 Å². The average molecular weight is 423 g/mol. The molecular weight excluding hydrogens is 400 g/mol. The van der Waals surface area contributed by atoms with Gasteiger partial charge in [0.1, 0.15) is 10.7 Å². The second-order valence-electron chi connectivity index (χ2n) is 7.42. The van der Waals surface area contributed by atoms with Gasteiger partial charge in [0.15, 0.2) is 5.78 Å². The largest absolute Gasteiger partial charge is 0.377 e. The maximum absolute atomic E-state index is 13.8. The minimum Gasteiger partial charge on any atom is -0.377 e. The first kappa shape index (κ1) is 20.7. The van der Waals surface area contributed by atoms with Crippen molar-refractivity contribution in [1.82, 2.24) is 0 Å². The Bertz CT molecular complexity index is 1220. The topological polar surface area (TPSA) is 52.9 Å². The number of hydrogen-bond acceptors (Lipinski definition) is 4. The summed E-state index contributed by atoms with van der Waals surface area (Å²) >= 11 is 1.01. The lowest BCUT2D eigenvalue weighted by Gasteiger charge is -2.27. The first-order chi connectivity index (χ1) is 15.2. The summed E-state index contributed by atoms with van der Waals surface area (Å²) in [7, 11) is 0. The number of rotatable bonds is 7. The van der Waals surface area contributed by atoms with E-state index in [1.807, 2.05) is 104 Å². The van der Waals surface area contributed by atoms with E-state index in [0.29, 0.717) is 5.56 Å². The zero-order valence-electron chi connectivity index (χ0n) is 17.2. The number of anilines is 1. The molecule has 3 nitrogen and oxygen atoms in total. The molecule has 0 radical (unpaired) electrons. The number of carbonyl (C=O) groups is 1. The van der Waals surface area contributed by atoms with Gasteiger partial charge < -0.3 is 5.32 Å². The van der Waals surface area contributed by atoms with Crippen LogP contribution in [0, 0.1) is 17.6 Å². The molecule has 152 valence electrons. The summed E-state index contributed by atoms with van der Waals surface area (Å²) in [4.78, 5) is 13.8. The van der Waals surface area contributed by atoms with Gasteiger partial charge in [-0.05, 0) is 47.2 Å². The van der Waals surface area contributed by atoms with Crippen LogP contribution in [0.4, 0.5) is 5.69 Å². The van der Waals surface area contributed by atoms with Crippen LogP contribution in [-0.4, -0.2) is 11.0 Å². The highest BCUT2D eigenvalue weighted by atomic mass is 32.2. The van der Waals surface area contributed by atoms with Crippen LogP contribution in [0.15, 0.2) is 97.1 Å². The van der Waals surface area contributed by atoms with Crippen LogP contribution in [0.5, 0.6) is 0 Å². The van der Waals surface area contributed by atoms with E-state index in [0.717, 1.165) is 39.3 Å². The number of aryl methyl sites for hydroxylation is 1. The number of nitrogens with zero attached hydrogens (tertiary/aromatic N) is 1. The SMILES string of the molecule is Cc1ccc(N[C@H](c2ccccc2)[C@@H](SC#N)C(=O)c2cccc3ccccc23)cc1. The molecule has 0 aliphatic rings. The van der Waals surface area contributed by atoms with E-state index in [2.05, 4.69) is 10.7 Å². The number of hydrogen-bond donors (Lipinski definition) is 1. The molecule has 2 atom stereocenters. The molecule has 4 heteroatoms. The average Bonchev–Trinajstić information content (AvgIpc) is 2.82. The maximum atomic E-state index is 13.8. The number of nitrogens with one attached hydrogen (secondary N) is 1. The molecule has 0 aromatic heterocycles. The van der Waals surface area contributed by atoms with Gasteiger partial charge >= 0.3 is 0 Å². The van der Waals surface area contributed by atoms with E-state index < -0.39 is 5.25 Å². The van der Waals surface area contributed by atoms with E-state index >= 15 is 0 Å². The first-order valence-electron chi connectivity index (χ1n) is 10.1. The maximum Gasteiger partial charge on any atom is 0.179 e. The van der Waals surface area contributed by atoms with Gasteiger partial charge in [0.25, 0.3) is 0 Å². The van der Waals surface area contributed by atoms with Crippen molar-refractivity contribution >= 4 is 34.0 Å². The van der Waals surface area contributed by atoms with Crippen molar-refractivity contribution in [3.05, 3.63) is 114 Å². The third-order valence-electron chi connectivity index (χ3n) is 5.33. The van der Waals surface area contributed by atoms with Crippen LogP contribution in [0.1, 0.15) is 27.5 Å². The van der Waals surface area contributed by atoms with Gasteiger partial charge in [-0.3, -0.25) is 4.79 Å². The van der Waals surface area contributed by atoms with Crippen molar-refractivity contribution in [2.24, 2.45) is 0 Å².